The van der Waals surface area contributed by atoms with Crippen LogP contribution in [0, 0.1) is 6.92 Å². The fraction of sp³-hybridized carbons (Fsp3) is 0.136. The maximum Gasteiger partial charge on any atom is 0.348 e. The van der Waals surface area contributed by atoms with Gasteiger partial charge in [-0.05, 0) is 53.1 Å². The molecule has 1 N–H and O–H groups in total. The normalized spacial score (nSPS) is 11.8. The van der Waals surface area contributed by atoms with Gasteiger partial charge >= 0.3 is 5.97 Å². The fourth-order valence-electron chi connectivity index (χ4n) is 3.22. The van der Waals surface area contributed by atoms with Crippen LogP contribution < -0.4 is 10.3 Å². The van der Waals surface area contributed by atoms with Crippen molar-refractivity contribution in [3.63, 3.8) is 0 Å². The number of fused-ring (bicyclic) bond motifs is 2. The molecule has 0 amide bonds. The minimum Gasteiger partial charge on any atom is -0.497 e. The van der Waals surface area contributed by atoms with Crippen molar-refractivity contribution < 1.29 is 14.3 Å². The van der Waals surface area contributed by atoms with Gasteiger partial charge in [-0.1, -0.05) is 29.8 Å². The molecule has 0 aliphatic carbocycles. The minimum absolute atomic E-state index is 0.238. The van der Waals surface area contributed by atoms with Crippen molar-refractivity contribution >= 4 is 61.0 Å². The van der Waals surface area contributed by atoms with Crippen LogP contribution in [-0.2, 0) is 4.74 Å². The molecule has 0 fully saturated rings. The number of halogens is 1. The lowest BCUT2D eigenvalue weighted by molar-refractivity contribution is 0.0605. The van der Waals surface area contributed by atoms with E-state index >= 15 is 0 Å². The largest absolute Gasteiger partial charge is 0.497 e. The second-order valence-corrected chi connectivity index (χ2v) is 8.01. The molecular formula is C22H17ClN2O4S. The molecule has 0 aliphatic rings. The standard InChI is InChI=1S/C22H17ClN2O4S/c1-11-17-20(26)24-19(25-21(17)30-18(11)22(27)29-3)16(23)9-12-4-5-14-10-15(28-2)7-6-13(14)8-12/h4-10H,1-3H3,(H,24,25,26). The summed E-state index contributed by atoms with van der Waals surface area (Å²) in [5, 5.41) is 2.73. The summed E-state index contributed by atoms with van der Waals surface area (Å²) in [5.74, 6) is 0.531. The number of benzene rings is 2. The van der Waals surface area contributed by atoms with E-state index in [0.717, 1.165) is 33.4 Å². The first-order chi connectivity index (χ1) is 14.4. The average Bonchev–Trinajstić information content (AvgIpc) is 3.09. The van der Waals surface area contributed by atoms with Crippen LogP contribution in [0.5, 0.6) is 5.75 Å². The molecule has 152 valence electrons. The number of carbonyl (C=O) groups excluding carboxylic acids is 1. The van der Waals surface area contributed by atoms with Gasteiger partial charge in [0.1, 0.15) is 15.5 Å². The molecule has 0 radical (unpaired) electrons. The summed E-state index contributed by atoms with van der Waals surface area (Å²) < 4.78 is 10.0. The van der Waals surface area contributed by atoms with Crippen LogP contribution in [0.2, 0.25) is 0 Å². The fourth-order valence-corrected chi connectivity index (χ4v) is 4.53. The van der Waals surface area contributed by atoms with Crippen LogP contribution in [-0.4, -0.2) is 30.2 Å². The molecule has 8 heteroatoms. The third-order valence-electron chi connectivity index (χ3n) is 4.76. The molecule has 2 heterocycles. The summed E-state index contributed by atoms with van der Waals surface area (Å²) in [7, 11) is 2.93. The van der Waals surface area contributed by atoms with Gasteiger partial charge in [-0.2, -0.15) is 0 Å². The van der Waals surface area contributed by atoms with Crippen molar-refractivity contribution in [3.8, 4) is 5.75 Å². The summed E-state index contributed by atoms with van der Waals surface area (Å²) in [6.45, 7) is 1.70. The molecule has 0 spiro atoms. The highest BCUT2D eigenvalue weighted by Crippen LogP contribution is 2.30. The lowest BCUT2D eigenvalue weighted by Crippen LogP contribution is -2.10. The number of aromatic nitrogens is 2. The van der Waals surface area contributed by atoms with Gasteiger partial charge in [0.15, 0.2) is 5.82 Å². The summed E-state index contributed by atoms with van der Waals surface area (Å²) in [6, 6.07) is 11.7. The predicted molar refractivity (Wildman–Crippen MR) is 121 cm³/mol. The Bertz CT molecular complexity index is 1390. The van der Waals surface area contributed by atoms with E-state index in [1.54, 1.807) is 20.1 Å². The third kappa shape index (κ3) is 3.58. The maximum absolute atomic E-state index is 12.6. The van der Waals surface area contributed by atoms with E-state index in [2.05, 4.69) is 9.97 Å². The van der Waals surface area contributed by atoms with E-state index < -0.39 is 5.97 Å². The first-order valence-corrected chi connectivity index (χ1v) is 10.2. The van der Waals surface area contributed by atoms with Crippen molar-refractivity contribution in [1.82, 2.24) is 9.97 Å². The molecule has 0 saturated carbocycles. The van der Waals surface area contributed by atoms with E-state index in [9.17, 15) is 9.59 Å². The Morgan fingerprint density at radius 1 is 1.17 bits per heavy atom. The number of esters is 1. The number of H-pyrrole nitrogens is 1. The Balaban J connectivity index is 1.76. The molecule has 0 aliphatic heterocycles. The van der Waals surface area contributed by atoms with Crippen molar-refractivity contribution in [3.05, 3.63) is 68.6 Å². The number of ether oxygens (including phenoxy) is 2. The van der Waals surface area contributed by atoms with E-state index in [4.69, 9.17) is 21.1 Å². The first kappa shape index (κ1) is 20.1. The molecule has 30 heavy (non-hydrogen) atoms. The lowest BCUT2D eigenvalue weighted by Gasteiger charge is -2.04. The smallest absolute Gasteiger partial charge is 0.348 e. The van der Waals surface area contributed by atoms with E-state index in [1.165, 1.54) is 7.11 Å². The zero-order valence-electron chi connectivity index (χ0n) is 16.4. The Labute approximate surface area is 180 Å². The first-order valence-electron chi connectivity index (χ1n) is 8.98. The molecule has 0 saturated heterocycles. The van der Waals surface area contributed by atoms with Crippen LogP contribution in [0.15, 0.2) is 41.2 Å². The Kier molecular flexibility index (Phi) is 5.32. The van der Waals surface area contributed by atoms with Crippen molar-refractivity contribution in [2.24, 2.45) is 0 Å². The number of carbonyl (C=O) groups is 1. The number of hydrogen-bond acceptors (Lipinski definition) is 6. The average molecular weight is 441 g/mol. The van der Waals surface area contributed by atoms with E-state index in [0.29, 0.717) is 20.7 Å². The van der Waals surface area contributed by atoms with Gasteiger partial charge in [0.2, 0.25) is 0 Å². The van der Waals surface area contributed by atoms with Gasteiger partial charge in [-0.15, -0.1) is 11.3 Å². The minimum atomic E-state index is -0.495. The highest BCUT2D eigenvalue weighted by Gasteiger charge is 2.20. The second-order valence-electron chi connectivity index (χ2n) is 6.61. The van der Waals surface area contributed by atoms with Crippen molar-refractivity contribution in [2.45, 2.75) is 6.92 Å². The topological polar surface area (TPSA) is 81.3 Å². The second kappa shape index (κ2) is 7.93. The summed E-state index contributed by atoms with van der Waals surface area (Å²) >= 11 is 7.58. The van der Waals surface area contributed by atoms with Gasteiger partial charge in [0.05, 0.1) is 24.6 Å². The lowest BCUT2D eigenvalue weighted by atomic mass is 10.1. The number of aryl methyl sites for hydroxylation is 1. The summed E-state index contributed by atoms with van der Waals surface area (Å²) in [4.78, 5) is 32.5. The Morgan fingerprint density at radius 3 is 2.63 bits per heavy atom. The molecule has 2 aromatic heterocycles. The van der Waals surface area contributed by atoms with Gasteiger partial charge in [-0.3, -0.25) is 4.79 Å². The molecule has 0 unspecified atom stereocenters. The van der Waals surface area contributed by atoms with Crippen LogP contribution in [0.1, 0.15) is 26.6 Å². The number of rotatable bonds is 4. The van der Waals surface area contributed by atoms with Crippen molar-refractivity contribution in [1.29, 1.82) is 0 Å². The zero-order chi connectivity index (χ0) is 21.4. The Morgan fingerprint density at radius 2 is 1.90 bits per heavy atom. The molecule has 6 nitrogen and oxygen atoms in total. The van der Waals surface area contributed by atoms with E-state index in [-0.39, 0.29) is 16.4 Å². The Hall–Kier alpha value is -3.16. The number of nitrogens with one attached hydrogen (secondary N) is 1. The quantitative estimate of drug-likeness (QED) is 0.453. The zero-order valence-corrected chi connectivity index (χ0v) is 18.0. The van der Waals surface area contributed by atoms with Crippen LogP contribution in [0.4, 0.5) is 0 Å². The summed E-state index contributed by atoms with van der Waals surface area (Å²) in [5.41, 5.74) is 1.06. The number of hydrogen-bond donors (Lipinski definition) is 1. The number of methoxy groups -OCH3 is 2. The number of nitrogens with zero attached hydrogens (tertiary/aromatic N) is 1. The van der Waals surface area contributed by atoms with Crippen LogP contribution in [0.25, 0.3) is 32.1 Å². The van der Waals surface area contributed by atoms with Gasteiger partial charge in [0, 0.05) is 0 Å². The van der Waals surface area contributed by atoms with Gasteiger partial charge in [0.25, 0.3) is 5.56 Å². The highest BCUT2D eigenvalue weighted by molar-refractivity contribution is 7.20. The summed E-state index contributed by atoms with van der Waals surface area (Å²) in [6.07, 6.45) is 1.73. The van der Waals surface area contributed by atoms with Crippen LogP contribution >= 0.6 is 22.9 Å². The molecule has 2 aromatic carbocycles. The highest BCUT2D eigenvalue weighted by atomic mass is 35.5. The van der Waals surface area contributed by atoms with Crippen LogP contribution in [0.3, 0.4) is 0 Å². The van der Waals surface area contributed by atoms with Gasteiger partial charge < -0.3 is 14.5 Å². The number of aromatic amines is 1. The molecule has 4 aromatic rings. The monoisotopic (exact) mass is 440 g/mol. The molecular weight excluding hydrogens is 424 g/mol. The third-order valence-corrected chi connectivity index (χ3v) is 6.22. The molecule has 4 rings (SSSR count). The molecule has 0 bridgehead atoms. The maximum atomic E-state index is 12.6. The molecule has 0 atom stereocenters. The SMILES string of the molecule is COC(=O)c1sc2nc(C(Cl)=Cc3ccc4cc(OC)ccc4c3)[nH]c(=O)c2c1C. The number of thiophene rings is 1. The predicted octanol–water partition coefficient (Wildman–Crippen LogP) is 4.98. The van der Waals surface area contributed by atoms with E-state index in [1.807, 2.05) is 36.4 Å². The van der Waals surface area contributed by atoms with Crippen molar-refractivity contribution in [2.75, 3.05) is 14.2 Å². The van der Waals surface area contributed by atoms with Gasteiger partial charge in [-0.25, -0.2) is 9.78 Å².